The quantitative estimate of drug-likeness (QED) is 0.225. The van der Waals surface area contributed by atoms with Crippen molar-refractivity contribution in [1.29, 1.82) is 0 Å². The zero-order chi connectivity index (χ0) is 34.3. The molecular weight excluding hydrogens is 623 g/mol. The molecular formula is C33H49FN8O6. The fraction of sp³-hybridized carbons (Fsp3) is 0.576. The van der Waals surface area contributed by atoms with Crippen LogP contribution in [0.4, 0.5) is 16.3 Å². The number of halogens is 1. The number of aromatic nitrogens is 4. The highest BCUT2D eigenvalue weighted by molar-refractivity contribution is 5.41. The zero-order valence-electron chi connectivity index (χ0n) is 28.8. The summed E-state index contributed by atoms with van der Waals surface area (Å²) in [7, 11) is 6.28. The van der Waals surface area contributed by atoms with Crippen LogP contribution in [0.1, 0.15) is 45.1 Å². The Labute approximate surface area is 282 Å². The van der Waals surface area contributed by atoms with Gasteiger partial charge in [0.15, 0.2) is 11.5 Å². The highest BCUT2D eigenvalue weighted by Gasteiger charge is 2.22. The van der Waals surface area contributed by atoms with Gasteiger partial charge in [0.25, 0.3) is 0 Å². The normalized spacial score (nSPS) is 15.5. The molecule has 0 aliphatic carbocycles. The molecule has 2 aliphatic heterocycles. The summed E-state index contributed by atoms with van der Waals surface area (Å²) in [6, 6.07) is 7.49. The van der Waals surface area contributed by atoms with E-state index in [2.05, 4.69) is 40.8 Å². The minimum atomic E-state index is -0.441. The third-order valence-electron chi connectivity index (χ3n) is 7.86. The third kappa shape index (κ3) is 10.8. The average Bonchev–Trinajstić information content (AvgIpc) is 3.11. The van der Waals surface area contributed by atoms with Crippen LogP contribution in [0.25, 0.3) is 0 Å². The first kappa shape index (κ1) is 36.5. The minimum Gasteiger partial charge on any atom is -0.491 e. The molecule has 0 atom stereocenters. The van der Waals surface area contributed by atoms with Gasteiger partial charge >= 0.3 is 0 Å². The number of hydrogen-bond acceptors (Lipinski definition) is 14. The second kappa shape index (κ2) is 18.8. The predicted molar refractivity (Wildman–Crippen MR) is 180 cm³/mol. The summed E-state index contributed by atoms with van der Waals surface area (Å²) in [4.78, 5) is 19.5. The number of nitrogens with zero attached hydrogens (tertiary/aromatic N) is 5. The maximum Gasteiger partial charge on any atom is 0.229 e. The fourth-order valence-corrected chi connectivity index (χ4v) is 5.42. The summed E-state index contributed by atoms with van der Waals surface area (Å²) < 4.78 is 46.0. The van der Waals surface area contributed by atoms with Crippen molar-refractivity contribution in [2.75, 3.05) is 78.5 Å². The number of benzene rings is 1. The summed E-state index contributed by atoms with van der Waals surface area (Å²) in [5.41, 5.74) is 0.973. The van der Waals surface area contributed by atoms with Gasteiger partial charge in [-0.3, -0.25) is 4.90 Å². The molecule has 1 aromatic carbocycles. The van der Waals surface area contributed by atoms with Gasteiger partial charge in [0.2, 0.25) is 41.2 Å². The Morgan fingerprint density at radius 3 is 1.50 bits per heavy atom. The van der Waals surface area contributed by atoms with Gasteiger partial charge in [0, 0.05) is 31.7 Å². The minimum absolute atomic E-state index is 0.240. The molecule has 0 bridgehead atoms. The molecule has 14 nitrogen and oxygen atoms in total. The summed E-state index contributed by atoms with van der Waals surface area (Å²) >= 11 is 0. The van der Waals surface area contributed by atoms with Crippen molar-refractivity contribution in [3.8, 4) is 35.0 Å². The summed E-state index contributed by atoms with van der Waals surface area (Å²) in [5.74, 6) is 3.03. The van der Waals surface area contributed by atoms with Gasteiger partial charge in [-0.05, 0) is 70.3 Å². The number of likely N-dealkylation sites (tertiary alicyclic amines) is 1. The van der Waals surface area contributed by atoms with Crippen molar-refractivity contribution in [1.82, 2.24) is 30.2 Å². The van der Waals surface area contributed by atoms with E-state index in [0.717, 1.165) is 57.4 Å². The monoisotopic (exact) mass is 672 g/mol. The van der Waals surface area contributed by atoms with Gasteiger partial charge in [0.05, 0.1) is 53.8 Å². The Balaban J connectivity index is 0.000000257. The number of rotatable bonds is 14. The van der Waals surface area contributed by atoms with Crippen LogP contribution in [-0.4, -0.2) is 105 Å². The van der Waals surface area contributed by atoms with E-state index in [0.29, 0.717) is 61.2 Å². The van der Waals surface area contributed by atoms with Crippen molar-refractivity contribution in [2.24, 2.45) is 0 Å². The second-order valence-electron chi connectivity index (χ2n) is 11.2. The number of methoxy groups -OCH3 is 4. The summed E-state index contributed by atoms with van der Waals surface area (Å²) in [6.07, 6.45) is 4.01. The van der Waals surface area contributed by atoms with Gasteiger partial charge in [-0.1, -0.05) is 0 Å². The van der Waals surface area contributed by atoms with Crippen LogP contribution in [0.2, 0.25) is 0 Å². The van der Waals surface area contributed by atoms with E-state index >= 15 is 0 Å². The van der Waals surface area contributed by atoms with E-state index < -0.39 is 5.82 Å². The Bertz CT molecular complexity index is 1350. The van der Waals surface area contributed by atoms with E-state index in [-0.39, 0.29) is 17.5 Å². The third-order valence-corrected chi connectivity index (χ3v) is 7.86. The first-order valence-electron chi connectivity index (χ1n) is 16.4. The van der Waals surface area contributed by atoms with Crippen molar-refractivity contribution in [2.45, 2.75) is 58.2 Å². The molecule has 0 unspecified atom stereocenters. The lowest BCUT2D eigenvalue weighted by molar-refractivity contribution is 0.209. The molecule has 0 spiro atoms. The van der Waals surface area contributed by atoms with Crippen LogP contribution < -0.4 is 44.4 Å². The van der Waals surface area contributed by atoms with Crippen molar-refractivity contribution < 1.29 is 32.8 Å². The number of anilines is 2. The highest BCUT2D eigenvalue weighted by atomic mass is 19.1. The van der Waals surface area contributed by atoms with E-state index in [9.17, 15) is 4.39 Å². The average molecular weight is 673 g/mol. The van der Waals surface area contributed by atoms with E-state index in [1.165, 1.54) is 0 Å². The fourth-order valence-electron chi connectivity index (χ4n) is 5.42. The van der Waals surface area contributed by atoms with Crippen LogP contribution in [0.5, 0.6) is 35.0 Å². The zero-order valence-corrected chi connectivity index (χ0v) is 28.8. The molecule has 0 saturated carbocycles. The molecule has 2 aromatic heterocycles. The van der Waals surface area contributed by atoms with E-state index in [1.807, 2.05) is 13.8 Å². The Morgan fingerprint density at radius 2 is 1.10 bits per heavy atom. The SMILES string of the molecule is CCOc1cc(CN2CCC(Nc3nc(OC)cc(OC)n3)CC2)cc(OCC)c1F.COc1cc(OC)nc(NC2CCNCC2)n1. The molecule has 3 aromatic rings. The molecule has 0 amide bonds. The number of hydrogen-bond donors (Lipinski definition) is 3. The van der Waals surface area contributed by atoms with Crippen molar-refractivity contribution in [3.63, 3.8) is 0 Å². The van der Waals surface area contributed by atoms with Crippen molar-refractivity contribution in [3.05, 3.63) is 35.6 Å². The first-order chi connectivity index (χ1) is 23.4. The topological polar surface area (TPSA) is 146 Å². The first-order valence-corrected chi connectivity index (χ1v) is 16.4. The highest BCUT2D eigenvalue weighted by Crippen LogP contribution is 2.30. The Hall–Kier alpha value is -4.37. The van der Waals surface area contributed by atoms with Crippen LogP contribution in [0.15, 0.2) is 24.3 Å². The van der Waals surface area contributed by atoms with E-state index in [1.54, 1.807) is 52.7 Å². The predicted octanol–water partition coefficient (Wildman–Crippen LogP) is 4.16. The molecule has 2 fully saturated rings. The number of piperidine rings is 2. The largest absolute Gasteiger partial charge is 0.491 e. The van der Waals surface area contributed by atoms with Crippen LogP contribution in [0, 0.1) is 5.82 Å². The molecule has 15 heteroatoms. The molecule has 2 aliphatic rings. The standard InChI is InChI=1S/C22H31FN4O4.C11H18N4O2/c1-5-30-17-11-15(12-18(21(17)23)31-6-2)14-27-9-7-16(8-10-27)24-22-25-19(28-3)13-20(26-22)29-4;1-16-9-7-10(17-2)15-11(14-9)13-8-3-5-12-6-4-8/h11-13,16H,5-10,14H2,1-4H3,(H,24,25,26);7-8,12H,3-6H2,1-2H3,(H,13,14,15). The number of ether oxygens (including phenoxy) is 6. The van der Waals surface area contributed by atoms with Crippen molar-refractivity contribution >= 4 is 11.9 Å². The summed E-state index contributed by atoms with van der Waals surface area (Å²) in [6.45, 7) is 9.03. The molecule has 264 valence electrons. The maximum atomic E-state index is 14.5. The second-order valence-corrected chi connectivity index (χ2v) is 11.2. The van der Waals surface area contributed by atoms with Crippen LogP contribution in [-0.2, 0) is 6.54 Å². The van der Waals surface area contributed by atoms with Gasteiger partial charge < -0.3 is 44.4 Å². The molecule has 5 rings (SSSR count). The molecule has 0 radical (unpaired) electrons. The molecule has 48 heavy (non-hydrogen) atoms. The summed E-state index contributed by atoms with van der Waals surface area (Å²) in [5, 5.41) is 10.00. The lowest BCUT2D eigenvalue weighted by Crippen LogP contribution is -2.39. The Kier molecular flexibility index (Phi) is 14.3. The van der Waals surface area contributed by atoms with Crippen LogP contribution >= 0.6 is 0 Å². The molecule has 2 saturated heterocycles. The maximum absolute atomic E-state index is 14.5. The Morgan fingerprint density at radius 1 is 0.688 bits per heavy atom. The van der Waals surface area contributed by atoms with Gasteiger partial charge in [-0.25, -0.2) is 0 Å². The van der Waals surface area contributed by atoms with Crippen LogP contribution in [0.3, 0.4) is 0 Å². The smallest absolute Gasteiger partial charge is 0.229 e. The van der Waals surface area contributed by atoms with Gasteiger partial charge in [-0.2, -0.15) is 24.3 Å². The molecule has 3 N–H and O–H groups in total. The van der Waals surface area contributed by atoms with Gasteiger partial charge in [-0.15, -0.1) is 0 Å². The lowest BCUT2D eigenvalue weighted by Gasteiger charge is -2.32. The lowest BCUT2D eigenvalue weighted by atomic mass is 10.0. The van der Waals surface area contributed by atoms with Gasteiger partial charge in [0.1, 0.15) is 0 Å². The molecule has 4 heterocycles. The number of nitrogens with one attached hydrogen (secondary N) is 3. The van der Waals surface area contributed by atoms with E-state index in [4.69, 9.17) is 28.4 Å².